The molecule has 0 aromatic carbocycles. The maximum atomic E-state index is 8.24. The van der Waals surface area contributed by atoms with Crippen molar-refractivity contribution in [2.75, 3.05) is 6.61 Å². The number of nitrogens with zero attached hydrogens (tertiary/aromatic N) is 1. The normalized spacial score (nSPS) is 34.1. The van der Waals surface area contributed by atoms with Crippen LogP contribution in [0.3, 0.4) is 0 Å². The van der Waals surface area contributed by atoms with Crippen LogP contribution in [0.15, 0.2) is 5.16 Å². The van der Waals surface area contributed by atoms with Crippen LogP contribution in [0.2, 0.25) is 0 Å². The summed E-state index contributed by atoms with van der Waals surface area (Å²) in [5.41, 5.74) is 0.755. The largest absolute Gasteiger partial charge is 0.411 e. The van der Waals surface area contributed by atoms with Crippen LogP contribution in [-0.2, 0) is 4.74 Å². The Morgan fingerprint density at radius 1 is 1.88 bits per heavy atom. The predicted octanol–water partition coefficient (Wildman–Crippen LogP) is 0.625. The molecule has 0 spiro atoms. The lowest BCUT2D eigenvalue weighted by atomic mass is 10.2. The number of oxime groups is 1. The van der Waals surface area contributed by atoms with E-state index in [1.54, 1.807) is 0 Å². The van der Waals surface area contributed by atoms with E-state index in [4.69, 9.17) is 9.94 Å². The maximum absolute atomic E-state index is 8.24. The summed E-state index contributed by atoms with van der Waals surface area (Å²) in [6.45, 7) is 2.57. The molecule has 3 nitrogen and oxygen atoms in total. The van der Waals surface area contributed by atoms with Crippen LogP contribution in [0.1, 0.15) is 13.3 Å². The summed E-state index contributed by atoms with van der Waals surface area (Å²) in [7, 11) is 0. The fraction of sp³-hybridized carbons (Fsp3) is 0.800. The Hall–Kier alpha value is -0.570. The molecule has 1 saturated heterocycles. The van der Waals surface area contributed by atoms with Crippen molar-refractivity contribution in [3.63, 3.8) is 0 Å². The van der Waals surface area contributed by atoms with E-state index in [-0.39, 0.29) is 6.10 Å². The molecule has 46 valence electrons. The molecule has 0 bridgehead atoms. The van der Waals surface area contributed by atoms with E-state index >= 15 is 0 Å². The third-order valence-electron chi connectivity index (χ3n) is 1.32. The van der Waals surface area contributed by atoms with Gasteiger partial charge in [0.05, 0.1) is 18.4 Å². The molecule has 1 aliphatic heterocycles. The molecule has 8 heavy (non-hydrogen) atoms. The smallest absolute Gasteiger partial charge is 0.0962 e. The molecule has 0 aromatic heterocycles. The van der Waals surface area contributed by atoms with E-state index in [1.807, 2.05) is 6.92 Å². The third-order valence-corrected chi connectivity index (χ3v) is 1.32. The average molecular weight is 115 g/mol. The van der Waals surface area contributed by atoms with Gasteiger partial charge in [0.2, 0.25) is 0 Å². The summed E-state index contributed by atoms with van der Waals surface area (Å²) in [6.07, 6.45) is 0.803. The van der Waals surface area contributed by atoms with Gasteiger partial charge in [-0.2, -0.15) is 0 Å². The SMILES string of the molecule is C[C@H]1OCCC1=NO. The van der Waals surface area contributed by atoms with E-state index in [9.17, 15) is 0 Å². The number of hydrogen-bond donors (Lipinski definition) is 1. The Kier molecular flexibility index (Phi) is 1.48. The van der Waals surface area contributed by atoms with Crippen molar-refractivity contribution in [1.82, 2.24) is 0 Å². The van der Waals surface area contributed by atoms with Crippen LogP contribution < -0.4 is 0 Å². The summed E-state index contributed by atoms with van der Waals surface area (Å²) in [4.78, 5) is 0. The first-order valence-electron chi connectivity index (χ1n) is 2.67. The van der Waals surface area contributed by atoms with Crippen LogP contribution in [0.5, 0.6) is 0 Å². The molecule has 0 aromatic rings. The Bertz CT molecular complexity index is 111. The third kappa shape index (κ3) is 0.816. The zero-order chi connectivity index (χ0) is 5.98. The van der Waals surface area contributed by atoms with Gasteiger partial charge in [0.1, 0.15) is 0 Å². The molecular weight excluding hydrogens is 106 g/mol. The number of ether oxygens (including phenoxy) is 1. The van der Waals surface area contributed by atoms with E-state index in [2.05, 4.69) is 5.16 Å². The summed E-state index contributed by atoms with van der Waals surface area (Å²) in [5.74, 6) is 0. The molecule has 1 aliphatic rings. The monoisotopic (exact) mass is 115 g/mol. The summed E-state index contributed by atoms with van der Waals surface area (Å²) in [6, 6.07) is 0. The minimum absolute atomic E-state index is 0.0278. The van der Waals surface area contributed by atoms with Crippen LogP contribution in [-0.4, -0.2) is 23.6 Å². The van der Waals surface area contributed by atoms with Gasteiger partial charge >= 0.3 is 0 Å². The van der Waals surface area contributed by atoms with Crippen LogP contribution in [0, 0.1) is 0 Å². The zero-order valence-electron chi connectivity index (χ0n) is 4.79. The Morgan fingerprint density at radius 3 is 2.88 bits per heavy atom. The van der Waals surface area contributed by atoms with E-state index < -0.39 is 0 Å². The van der Waals surface area contributed by atoms with Crippen molar-refractivity contribution in [2.45, 2.75) is 19.4 Å². The first-order valence-corrected chi connectivity index (χ1v) is 2.67. The van der Waals surface area contributed by atoms with Gasteiger partial charge in [-0.3, -0.25) is 0 Å². The number of hydrogen-bond acceptors (Lipinski definition) is 3. The van der Waals surface area contributed by atoms with Gasteiger partial charge in [-0.05, 0) is 6.92 Å². The fourth-order valence-corrected chi connectivity index (χ4v) is 0.771. The van der Waals surface area contributed by atoms with Crippen molar-refractivity contribution >= 4 is 5.71 Å². The molecule has 1 heterocycles. The fourth-order valence-electron chi connectivity index (χ4n) is 0.771. The lowest BCUT2D eigenvalue weighted by Gasteiger charge is -1.97. The van der Waals surface area contributed by atoms with Crippen LogP contribution >= 0.6 is 0 Å². The highest BCUT2D eigenvalue weighted by Gasteiger charge is 2.18. The highest BCUT2D eigenvalue weighted by molar-refractivity contribution is 5.89. The molecule has 1 fully saturated rings. The van der Waals surface area contributed by atoms with Crippen molar-refractivity contribution in [3.8, 4) is 0 Å². The van der Waals surface area contributed by atoms with Crippen molar-refractivity contribution < 1.29 is 9.94 Å². The zero-order valence-corrected chi connectivity index (χ0v) is 4.79. The first-order chi connectivity index (χ1) is 3.84. The van der Waals surface area contributed by atoms with Gasteiger partial charge in [0, 0.05) is 6.42 Å². The Labute approximate surface area is 48.0 Å². The van der Waals surface area contributed by atoms with E-state index in [0.717, 1.165) is 12.1 Å². The first kappa shape index (κ1) is 5.56. The second-order valence-corrected chi connectivity index (χ2v) is 1.85. The second-order valence-electron chi connectivity index (χ2n) is 1.85. The molecule has 0 saturated carbocycles. The minimum Gasteiger partial charge on any atom is -0.411 e. The maximum Gasteiger partial charge on any atom is 0.0962 e. The predicted molar refractivity (Wildman–Crippen MR) is 29.3 cm³/mol. The average Bonchev–Trinajstić information content (AvgIpc) is 2.14. The summed E-state index contributed by atoms with van der Waals surface area (Å²) >= 11 is 0. The second kappa shape index (κ2) is 2.13. The highest BCUT2D eigenvalue weighted by Crippen LogP contribution is 2.07. The molecular formula is C5H9NO2. The Balaban J connectivity index is 2.55. The highest BCUT2D eigenvalue weighted by atomic mass is 16.5. The van der Waals surface area contributed by atoms with Gasteiger partial charge < -0.3 is 9.94 Å². The molecule has 1 N–H and O–H groups in total. The lowest BCUT2D eigenvalue weighted by Crippen LogP contribution is -2.09. The minimum atomic E-state index is 0.0278. The van der Waals surface area contributed by atoms with Gasteiger partial charge in [-0.1, -0.05) is 5.16 Å². The quantitative estimate of drug-likeness (QED) is 0.371. The molecule has 1 rings (SSSR count). The van der Waals surface area contributed by atoms with Crippen LogP contribution in [0.25, 0.3) is 0 Å². The summed E-state index contributed by atoms with van der Waals surface area (Å²) in [5, 5.41) is 11.3. The van der Waals surface area contributed by atoms with Gasteiger partial charge in [-0.25, -0.2) is 0 Å². The van der Waals surface area contributed by atoms with Crippen molar-refractivity contribution in [2.24, 2.45) is 5.16 Å². The molecule has 0 radical (unpaired) electrons. The number of rotatable bonds is 0. The molecule has 0 unspecified atom stereocenters. The van der Waals surface area contributed by atoms with Crippen molar-refractivity contribution in [3.05, 3.63) is 0 Å². The van der Waals surface area contributed by atoms with E-state index in [1.165, 1.54) is 0 Å². The molecule has 1 atom stereocenters. The summed E-state index contributed by atoms with van der Waals surface area (Å²) < 4.78 is 5.07. The van der Waals surface area contributed by atoms with Gasteiger partial charge in [-0.15, -0.1) is 0 Å². The van der Waals surface area contributed by atoms with E-state index in [0.29, 0.717) is 6.61 Å². The molecule has 3 heteroatoms. The lowest BCUT2D eigenvalue weighted by molar-refractivity contribution is 0.144. The van der Waals surface area contributed by atoms with Crippen LogP contribution in [0.4, 0.5) is 0 Å². The molecule has 0 aliphatic carbocycles. The van der Waals surface area contributed by atoms with Gasteiger partial charge in [0.15, 0.2) is 0 Å². The molecule has 0 amide bonds. The van der Waals surface area contributed by atoms with Crippen molar-refractivity contribution in [1.29, 1.82) is 0 Å². The van der Waals surface area contributed by atoms with Gasteiger partial charge in [0.25, 0.3) is 0 Å². The topological polar surface area (TPSA) is 41.8 Å². The standard InChI is InChI=1S/C5H9NO2/c1-4-5(6-7)2-3-8-4/h4,7H,2-3H2,1H3/t4-/m1/s1. The Morgan fingerprint density at radius 2 is 2.62 bits per heavy atom.